The predicted octanol–water partition coefficient (Wildman–Crippen LogP) is 4.08. The molecule has 1 aliphatic rings. The van der Waals surface area contributed by atoms with E-state index in [1.54, 1.807) is 0 Å². The van der Waals surface area contributed by atoms with Gasteiger partial charge in [-0.05, 0) is 29.8 Å². The first-order valence-electron chi connectivity index (χ1n) is 8.28. The first-order chi connectivity index (χ1) is 11.7. The van der Waals surface area contributed by atoms with Crippen molar-refractivity contribution in [3.63, 3.8) is 0 Å². The highest BCUT2D eigenvalue weighted by atomic mass is 19.3. The van der Waals surface area contributed by atoms with Gasteiger partial charge in [-0.1, -0.05) is 30.3 Å². The number of para-hydroxylation sites is 1. The summed E-state index contributed by atoms with van der Waals surface area (Å²) < 4.78 is 32.0. The average Bonchev–Trinajstić information content (AvgIpc) is 2.61. The molecule has 1 aliphatic heterocycles. The Kier molecular flexibility index (Phi) is 5.77. The Morgan fingerprint density at radius 2 is 1.67 bits per heavy atom. The average molecular weight is 332 g/mol. The van der Waals surface area contributed by atoms with Crippen LogP contribution in [0.5, 0.6) is 11.5 Å². The number of hydrogen-bond acceptors (Lipinski definition) is 3. The summed E-state index contributed by atoms with van der Waals surface area (Å²) in [6.45, 7) is 3.22. The number of nitrogens with zero attached hydrogens (tertiary/aromatic N) is 1. The summed E-state index contributed by atoms with van der Waals surface area (Å²) in [5.41, 5.74) is 0.880. The number of benzene rings is 2. The molecule has 0 amide bonds. The summed E-state index contributed by atoms with van der Waals surface area (Å²) in [6.07, 6.45) is -2.49. The number of halogens is 2. The van der Waals surface area contributed by atoms with Gasteiger partial charge in [-0.2, -0.15) is 0 Å². The second-order valence-electron chi connectivity index (χ2n) is 5.92. The van der Waals surface area contributed by atoms with Crippen molar-refractivity contribution in [3.05, 3.63) is 60.2 Å². The molecule has 1 N–H and O–H groups in total. The molecule has 0 bridgehead atoms. The van der Waals surface area contributed by atoms with Gasteiger partial charge in [-0.15, -0.1) is 0 Å². The molecule has 0 aliphatic carbocycles. The van der Waals surface area contributed by atoms with Crippen LogP contribution in [0.15, 0.2) is 54.6 Å². The van der Waals surface area contributed by atoms with Crippen molar-refractivity contribution < 1.29 is 13.5 Å². The van der Waals surface area contributed by atoms with E-state index in [4.69, 9.17) is 4.74 Å². The molecule has 2 aromatic rings. The van der Waals surface area contributed by atoms with Crippen LogP contribution in [0.4, 0.5) is 8.78 Å². The highest BCUT2D eigenvalue weighted by Gasteiger charge is 2.25. The van der Waals surface area contributed by atoms with Crippen molar-refractivity contribution in [1.29, 1.82) is 0 Å². The van der Waals surface area contributed by atoms with Crippen LogP contribution in [0.1, 0.15) is 18.0 Å². The molecule has 0 radical (unpaired) electrons. The Bertz CT molecular complexity index is 630. The minimum absolute atomic E-state index is 0.158. The molecule has 1 saturated heterocycles. The lowest BCUT2D eigenvalue weighted by molar-refractivity contribution is 0.0738. The molecule has 3 rings (SSSR count). The van der Waals surface area contributed by atoms with Crippen LogP contribution in [0.2, 0.25) is 0 Å². The van der Waals surface area contributed by atoms with Crippen molar-refractivity contribution in [3.8, 4) is 11.5 Å². The predicted molar refractivity (Wildman–Crippen MR) is 90.8 cm³/mol. The maximum absolute atomic E-state index is 13.1. The number of alkyl halides is 2. The lowest BCUT2D eigenvalue weighted by Gasteiger charge is -2.35. The quantitative estimate of drug-likeness (QED) is 0.863. The standard InChI is InChI=1S/C19H22F2N2O/c20-19(21)14-18(23-11-9-22-10-12-23)15-5-4-8-17(13-15)24-16-6-2-1-3-7-16/h1-8,13,18-19,22H,9-12,14H2/t18-/m0/s1. The van der Waals surface area contributed by atoms with Gasteiger partial charge in [0.2, 0.25) is 6.43 Å². The normalized spacial score (nSPS) is 17.0. The minimum atomic E-state index is -2.33. The molecule has 0 aromatic heterocycles. The van der Waals surface area contributed by atoms with E-state index >= 15 is 0 Å². The van der Waals surface area contributed by atoms with Gasteiger partial charge in [0.05, 0.1) is 0 Å². The molecule has 1 fully saturated rings. The van der Waals surface area contributed by atoms with Crippen molar-refractivity contribution >= 4 is 0 Å². The highest BCUT2D eigenvalue weighted by molar-refractivity contribution is 5.35. The van der Waals surface area contributed by atoms with Crippen molar-refractivity contribution in [2.24, 2.45) is 0 Å². The van der Waals surface area contributed by atoms with Gasteiger partial charge < -0.3 is 10.1 Å². The summed E-state index contributed by atoms with van der Waals surface area (Å²) in [7, 11) is 0. The molecular weight excluding hydrogens is 310 g/mol. The van der Waals surface area contributed by atoms with E-state index in [1.807, 2.05) is 54.6 Å². The van der Waals surface area contributed by atoms with E-state index in [2.05, 4.69) is 10.2 Å². The zero-order valence-electron chi connectivity index (χ0n) is 13.5. The number of ether oxygens (including phenoxy) is 1. The van der Waals surface area contributed by atoms with Crippen LogP contribution in [-0.2, 0) is 0 Å². The molecule has 0 saturated carbocycles. The van der Waals surface area contributed by atoms with Crippen LogP contribution in [0, 0.1) is 0 Å². The van der Waals surface area contributed by atoms with E-state index in [0.29, 0.717) is 5.75 Å². The Morgan fingerprint density at radius 1 is 0.958 bits per heavy atom. The molecule has 5 heteroatoms. The maximum atomic E-state index is 13.1. The number of nitrogens with one attached hydrogen (secondary N) is 1. The number of hydrogen-bond donors (Lipinski definition) is 1. The van der Waals surface area contributed by atoms with Gasteiger partial charge in [0.25, 0.3) is 0 Å². The van der Waals surface area contributed by atoms with Crippen molar-refractivity contribution in [1.82, 2.24) is 10.2 Å². The Morgan fingerprint density at radius 3 is 2.38 bits per heavy atom. The summed E-state index contributed by atoms with van der Waals surface area (Å²) >= 11 is 0. The van der Waals surface area contributed by atoms with Crippen molar-refractivity contribution in [2.45, 2.75) is 18.9 Å². The second kappa shape index (κ2) is 8.22. The zero-order chi connectivity index (χ0) is 16.8. The Hall–Kier alpha value is -1.98. The molecule has 1 heterocycles. The van der Waals surface area contributed by atoms with Crippen LogP contribution >= 0.6 is 0 Å². The third kappa shape index (κ3) is 4.52. The van der Waals surface area contributed by atoms with E-state index < -0.39 is 6.43 Å². The molecular formula is C19H22F2N2O. The molecule has 0 unspecified atom stereocenters. The monoisotopic (exact) mass is 332 g/mol. The smallest absolute Gasteiger partial charge is 0.240 e. The first-order valence-corrected chi connectivity index (χ1v) is 8.28. The van der Waals surface area contributed by atoms with Gasteiger partial charge in [-0.3, -0.25) is 4.90 Å². The summed E-state index contributed by atoms with van der Waals surface area (Å²) in [5, 5.41) is 3.26. The number of piperazine rings is 1. The molecule has 0 spiro atoms. The zero-order valence-corrected chi connectivity index (χ0v) is 13.5. The topological polar surface area (TPSA) is 24.5 Å². The molecule has 128 valence electrons. The van der Waals surface area contributed by atoms with Crippen LogP contribution in [-0.4, -0.2) is 37.5 Å². The first kappa shape index (κ1) is 16.9. The third-order valence-corrected chi connectivity index (χ3v) is 4.22. The Balaban J connectivity index is 1.80. The van der Waals surface area contributed by atoms with Gasteiger partial charge >= 0.3 is 0 Å². The van der Waals surface area contributed by atoms with Gasteiger partial charge in [0.15, 0.2) is 0 Å². The molecule has 1 atom stereocenters. The fourth-order valence-electron chi connectivity index (χ4n) is 3.07. The van der Waals surface area contributed by atoms with Crippen molar-refractivity contribution in [2.75, 3.05) is 26.2 Å². The minimum Gasteiger partial charge on any atom is -0.457 e. The van der Waals surface area contributed by atoms with Crippen LogP contribution < -0.4 is 10.1 Å². The van der Waals surface area contributed by atoms with E-state index in [-0.39, 0.29) is 12.5 Å². The highest BCUT2D eigenvalue weighted by Crippen LogP contribution is 2.31. The maximum Gasteiger partial charge on any atom is 0.240 e. The van der Waals surface area contributed by atoms with Gasteiger partial charge in [-0.25, -0.2) is 8.78 Å². The number of rotatable bonds is 6. The summed E-state index contributed by atoms with van der Waals surface area (Å²) in [5.74, 6) is 1.41. The summed E-state index contributed by atoms with van der Waals surface area (Å²) in [4.78, 5) is 2.13. The van der Waals surface area contributed by atoms with Gasteiger partial charge in [0.1, 0.15) is 11.5 Å². The summed E-state index contributed by atoms with van der Waals surface area (Å²) in [6, 6.07) is 16.7. The SMILES string of the molecule is FC(F)C[C@@H](c1cccc(Oc2ccccc2)c1)N1CCNCC1. The van der Waals surface area contributed by atoms with Gasteiger partial charge in [0, 0.05) is 38.6 Å². The fourth-order valence-corrected chi connectivity index (χ4v) is 3.07. The largest absolute Gasteiger partial charge is 0.457 e. The molecule has 24 heavy (non-hydrogen) atoms. The van der Waals surface area contributed by atoms with E-state index in [9.17, 15) is 8.78 Å². The molecule has 3 nitrogen and oxygen atoms in total. The second-order valence-corrected chi connectivity index (χ2v) is 5.92. The fraction of sp³-hybridized carbons (Fsp3) is 0.368. The van der Waals surface area contributed by atoms with E-state index in [0.717, 1.165) is 37.5 Å². The third-order valence-electron chi connectivity index (χ3n) is 4.22. The van der Waals surface area contributed by atoms with Crippen LogP contribution in [0.25, 0.3) is 0 Å². The van der Waals surface area contributed by atoms with Crippen LogP contribution in [0.3, 0.4) is 0 Å². The lowest BCUT2D eigenvalue weighted by Crippen LogP contribution is -2.45. The van der Waals surface area contributed by atoms with E-state index in [1.165, 1.54) is 0 Å². The lowest BCUT2D eigenvalue weighted by atomic mass is 10.0. The Labute approximate surface area is 141 Å². The molecule has 2 aromatic carbocycles.